The zero-order valence-electron chi connectivity index (χ0n) is 17.1. The lowest BCUT2D eigenvalue weighted by Crippen LogP contribution is -2.18. The van der Waals surface area contributed by atoms with E-state index >= 15 is 0 Å². The van der Waals surface area contributed by atoms with Gasteiger partial charge in [-0.2, -0.15) is 0 Å². The van der Waals surface area contributed by atoms with Crippen LogP contribution in [0.1, 0.15) is 66.0 Å². The number of benzene rings is 2. The summed E-state index contributed by atoms with van der Waals surface area (Å²) >= 11 is 0. The average molecular weight is 382 g/mol. The van der Waals surface area contributed by atoms with Gasteiger partial charge in [-0.15, -0.1) is 0 Å². The predicted octanol–water partition coefficient (Wildman–Crippen LogP) is 5.08. The van der Waals surface area contributed by atoms with Gasteiger partial charge in [0.2, 0.25) is 0 Å². The van der Waals surface area contributed by atoms with Crippen molar-refractivity contribution in [2.24, 2.45) is 0 Å². The second-order valence-electron chi connectivity index (χ2n) is 6.81. The van der Waals surface area contributed by atoms with Crippen LogP contribution in [0.3, 0.4) is 0 Å². The fraction of sp³-hybridized carbons (Fsp3) is 0.391. The Bertz CT molecular complexity index is 984. The van der Waals surface area contributed by atoms with Crippen LogP contribution in [0, 0.1) is 6.92 Å². The van der Waals surface area contributed by atoms with E-state index < -0.39 is 11.9 Å². The number of esters is 2. The molecule has 0 unspecified atom stereocenters. The Morgan fingerprint density at radius 3 is 2.04 bits per heavy atom. The van der Waals surface area contributed by atoms with E-state index in [1.807, 2.05) is 39.0 Å². The molecular formula is C23H26O5. The van der Waals surface area contributed by atoms with Crippen LogP contribution in [0.4, 0.5) is 0 Å². The standard InChI is InChI=1S/C23H26O5/c1-6-26-21-15-10-9-13(4)11-17(15)18(16-12-14(16)5)19(22(24)27-7-2)20(21)23(25)28-8-3/h9-11H,6-8,12H2,1-5H3. The smallest absolute Gasteiger partial charge is 0.342 e. The van der Waals surface area contributed by atoms with Crippen LogP contribution in [-0.4, -0.2) is 31.8 Å². The second kappa shape index (κ2) is 8.05. The molecule has 2 aromatic rings. The van der Waals surface area contributed by atoms with Crippen molar-refractivity contribution in [2.75, 3.05) is 19.8 Å². The van der Waals surface area contributed by atoms with Gasteiger partial charge in [-0.1, -0.05) is 29.3 Å². The van der Waals surface area contributed by atoms with Gasteiger partial charge in [-0.25, -0.2) is 9.59 Å². The molecule has 0 aromatic heterocycles. The van der Waals surface area contributed by atoms with E-state index in [-0.39, 0.29) is 24.3 Å². The van der Waals surface area contributed by atoms with E-state index in [1.54, 1.807) is 13.8 Å². The molecule has 0 bridgehead atoms. The van der Waals surface area contributed by atoms with Crippen molar-refractivity contribution in [3.63, 3.8) is 0 Å². The number of carbonyl (C=O) groups is 2. The summed E-state index contributed by atoms with van der Waals surface area (Å²) < 4.78 is 16.5. The van der Waals surface area contributed by atoms with Crippen molar-refractivity contribution in [1.29, 1.82) is 0 Å². The van der Waals surface area contributed by atoms with E-state index in [1.165, 1.54) is 5.57 Å². The van der Waals surface area contributed by atoms with Gasteiger partial charge in [-0.3, -0.25) is 0 Å². The summed E-state index contributed by atoms with van der Waals surface area (Å²) in [6, 6.07) is 5.94. The Hall–Kier alpha value is -2.82. The van der Waals surface area contributed by atoms with Crippen LogP contribution >= 0.6 is 0 Å². The van der Waals surface area contributed by atoms with Gasteiger partial charge in [-0.05, 0) is 52.0 Å². The summed E-state index contributed by atoms with van der Waals surface area (Å²) in [6.45, 7) is 10.1. The number of aryl methyl sites for hydroxylation is 1. The number of hydrogen-bond donors (Lipinski definition) is 0. The lowest BCUT2D eigenvalue weighted by molar-refractivity contribution is 0.0475. The van der Waals surface area contributed by atoms with Crippen LogP contribution in [0.25, 0.3) is 16.3 Å². The zero-order valence-corrected chi connectivity index (χ0v) is 17.1. The zero-order chi connectivity index (χ0) is 20.4. The summed E-state index contributed by atoms with van der Waals surface area (Å²) in [7, 11) is 0. The van der Waals surface area contributed by atoms with Crippen LogP contribution < -0.4 is 4.74 Å². The van der Waals surface area contributed by atoms with Gasteiger partial charge in [0, 0.05) is 10.9 Å². The lowest BCUT2D eigenvalue weighted by atomic mass is 9.90. The molecule has 0 saturated heterocycles. The van der Waals surface area contributed by atoms with E-state index in [0.29, 0.717) is 12.4 Å². The molecule has 0 radical (unpaired) electrons. The molecule has 0 N–H and O–H groups in total. The normalized spacial score (nSPS) is 12.9. The molecule has 1 aliphatic rings. The molecule has 0 aliphatic heterocycles. The van der Waals surface area contributed by atoms with Gasteiger partial charge in [0.25, 0.3) is 0 Å². The first-order valence-corrected chi connectivity index (χ1v) is 9.70. The third-order valence-corrected chi connectivity index (χ3v) is 4.80. The Morgan fingerprint density at radius 1 is 0.893 bits per heavy atom. The number of fused-ring (bicyclic) bond motifs is 1. The van der Waals surface area contributed by atoms with Crippen molar-refractivity contribution in [2.45, 2.75) is 41.0 Å². The van der Waals surface area contributed by atoms with Gasteiger partial charge < -0.3 is 14.2 Å². The molecule has 0 heterocycles. The quantitative estimate of drug-likeness (QED) is 0.625. The minimum Gasteiger partial charge on any atom is -0.492 e. The minimum atomic E-state index is -0.573. The van der Waals surface area contributed by atoms with E-state index in [0.717, 1.165) is 33.9 Å². The number of allylic oxidation sites excluding steroid dienone is 2. The van der Waals surface area contributed by atoms with E-state index in [9.17, 15) is 9.59 Å². The maximum absolute atomic E-state index is 13.0. The highest BCUT2D eigenvalue weighted by Crippen LogP contribution is 2.48. The molecule has 2 aromatic carbocycles. The van der Waals surface area contributed by atoms with Crippen LogP contribution in [0.5, 0.6) is 5.75 Å². The summed E-state index contributed by atoms with van der Waals surface area (Å²) in [4.78, 5) is 25.9. The number of rotatable bonds is 7. The topological polar surface area (TPSA) is 61.8 Å². The average Bonchev–Trinajstić information content (AvgIpc) is 3.37. The Morgan fingerprint density at radius 2 is 1.50 bits per heavy atom. The number of ether oxygens (including phenoxy) is 3. The van der Waals surface area contributed by atoms with Gasteiger partial charge in [0.15, 0.2) is 0 Å². The maximum Gasteiger partial charge on any atom is 0.342 e. The first-order chi connectivity index (χ1) is 13.4. The largest absolute Gasteiger partial charge is 0.492 e. The number of carbonyl (C=O) groups excluding carboxylic acids is 2. The molecule has 5 nitrogen and oxygen atoms in total. The Kier molecular flexibility index (Phi) is 5.73. The van der Waals surface area contributed by atoms with Crippen molar-refractivity contribution in [3.05, 3.63) is 46.0 Å². The Labute approximate surface area is 165 Å². The van der Waals surface area contributed by atoms with Crippen LogP contribution in [0.15, 0.2) is 23.8 Å². The molecule has 0 atom stereocenters. The first kappa shape index (κ1) is 19.9. The predicted molar refractivity (Wildman–Crippen MR) is 109 cm³/mol. The second-order valence-corrected chi connectivity index (χ2v) is 6.81. The van der Waals surface area contributed by atoms with E-state index in [4.69, 9.17) is 14.2 Å². The van der Waals surface area contributed by atoms with Gasteiger partial charge >= 0.3 is 11.9 Å². The highest BCUT2D eigenvalue weighted by molar-refractivity contribution is 6.17. The molecule has 0 fully saturated rings. The lowest BCUT2D eigenvalue weighted by Gasteiger charge is -2.20. The van der Waals surface area contributed by atoms with Crippen LogP contribution in [0.2, 0.25) is 0 Å². The molecule has 0 amide bonds. The summed E-state index contributed by atoms with van der Waals surface area (Å²) in [5, 5.41) is 1.69. The van der Waals surface area contributed by atoms with Crippen molar-refractivity contribution in [3.8, 4) is 5.75 Å². The monoisotopic (exact) mass is 382 g/mol. The SMILES string of the molecule is CCOC(=O)c1c(C(=O)OCC)c(C2=C(C)C2)c2cc(C)ccc2c1OCC. The Balaban J connectivity index is 2.49. The molecule has 148 valence electrons. The molecule has 0 saturated carbocycles. The fourth-order valence-electron chi connectivity index (χ4n) is 3.51. The molecule has 3 rings (SSSR count). The third-order valence-electron chi connectivity index (χ3n) is 4.80. The van der Waals surface area contributed by atoms with Crippen LogP contribution in [-0.2, 0) is 9.47 Å². The summed E-state index contributed by atoms with van der Waals surface area (Å²) in [6.07, 6.45) is 0.811. The van der Waals surface area contributed by atoms with Gasteiger partial charge in [0.05, 0.1) is 25.4 Å². The maximum atomic E-state index is 13.0. The fourth-order valence-corrected chi connectivity index (χ4v) is 3.51. The summed E-state index contributed by atoms with van der Waals surface area (Å²) in [5.74, 6) is -0.726. The third kappa shape index (κ3) is 3.49. The molecule has 0 spiro atoms. The molecule has 5 heteroatoms. The van der Waals surface area contributed by atoms with E-state index in [2.05, 4.69) is 0 Å². The highest BCUT2D eigenvalue weighted by atomic mass is 16.5. The molecule has 1 aliphatic carbocycles. The highest BCUT2D eigenvalue weighted by Gasteiger charge is 2.35. The molecular weight excluding hydrogens is 356 g/mol. The van der Waals surface area contributed by atoms with Crippen molar-refractivity contribution < 1.29 is 23.8 Å². The molecule has 28 heavy (non-hydrogen) atoms. The van der Waals surface area contributed by atoms with Crippen molar-refractivity contribution in [1.82, 2.24) is 0 Å². The van der Waals surface area contributed by atoms with Gasteiger partial charge in [0.1, 0.15) is 11.3 Å². The summed E-state index contributed by atoms with van der Waals surface area (Å²) in [5.41, 5.74) is 4.50. The number of hydrogen-bond acceptors (Lipinski definition) is 5. The van der Waals surface area contributed by atoms with Crippen molar-refractivity contribution >= 4 is 28.3 Å². The minimum absolute atomic E-state index is 0.153. The first-order valence-electron chi connectivity index (χ1n) is 9.70.